The number of aryl methyl sites for hydroxylation is 1. The van der Waals surface area contributed by atoms with Gasteiger partial charge in [0.25, 0.3) is 10.0 Å². The van der Waals surface area contributed by atoms with Crippen LogP contribution in [-0.4, -0.2) is 65.3 Å². The van der Waals surface area contributed by atoms with Gasteiger partial charge in [0.2, 0.25) is 0 Å². The fourth-order valence-electron chi connectivity index (χ4n) is 7.48. The molecular formula is C42H54N6O3S. The molecule has 0 amide bonds. The van der Waals surface area contributed by atoms with E-state index in [0.717, 1.165) is 73.4 Å². The molecule has 10 heteroatoms. The zero-order valence-corrected chi connectivity index (χ0v) is 31.8. The van der Waals surface area contributed by atoms with Crippen molar-refractivity contribution < 1.29 is 13.2 Å². The molecule has 1 aliphatic heterocycles. The fraction of sp³-hybridized carbons (Fsp3) is 0.429. The lowest BCUT2D eigenvalue weighted by atomic mass is 10.0. The highest BCUT2D eigenvalue weighted by Crippen LogP contribution is 2.30. The number of carbonyl (C=O) groups excluding carboxylic acids is 1. The van der Waals surface area contributed by atoms with E-state index in [1.165, 1.54) is 42.0 Å². The molecule has 1 unspecified atom stereocenters. The summed E-state index contributed by atoms with van der Waals surface area (Å²) in [4.78, 5) is 23.1. The van der Waals surface area contributed by atoms with E-state index in [-0.39, 0.29) is 29.7 Å². The highest BCUT2D eigenvalue weighted by Gasteiger charge is 2.22. The number of carbonyl (C=O) groups is 1. The molecule has 1 aliphatic rings. The van der Waals surface area contributed by atoms with Gasteiger partial charge in [-0.3, -0.25) is 4.79 Å². The summed E-state index contributed by atoms with van der Waals surface area (Å²) in [7, 11) is -3.76. The van der Waals surface area contributed by atoms with Gasteiger partial charge in [0.05, 0.1) is 15.9 Å². The summed E-state index contributed by atoms with van der Waals surface area (Å²) >= 11 is 0. The maximum Gasteiger partial charge on any atom is 0.267 e. The minimum Gasteiger partial charge on any atom is -0.372 e. The zero-order valence-electron chi connectivity index (χ0n) is 31.0. The molecule has 1 saturated heterocycles. The van der Waals surface area contributed by atoms with Crippen molar-refractivity contribution in [2.75, 3.05) is 37.6 Å². The Balaban J connectivity index is 1.29. The summed E-state index contributed by atoms with van der Waals surface area (Å²) < 4.78 is 30.6. The van der Waals surface area contributed by atoms with Crippen molar-refractivity contribution in [3.05, 3.63) is 102 Å². The summed E-state index contributed by atoms with van der Waals surface area (Å²) in [5, 5.41) is 3.51. The Morgan fingerprint density at radius 3 is 2.31 bits per heavy atom. The zero-order chi connectivity index (χ0) is 36.5. The van der Waals surface area contributed by atoms with Crippen molar-refractivity contribution in [2.24, 2.45) is 0 Å². The summed E-state index contributed by atoms with van der Waals surface area (Å²) in [5.41, 5.74) is 5.83. The van der Waals surface area contributed by atoms with Crippen LogP contribution >= 0.6 is 0 Å². The topological polar surface area (TPSA) is 92.5 Å². The number of fused-ring (bicyclic) bond motifs is 1. The van der Waals surface area contributed by atoms with Gasteiger partial charge in [-0.25, -0.2) is 17.4 Å². The molecule has 3 aromatic carbocycles. The molecule has 0 aliphatic carbocycles. The third kappa shape index (κ3) is 8.85. The first-order chi connectivity index (χ1) is 25.3. The predicted octanol–water partition coefficient (Wildman–Crippen LogP) is 8.05. The SMILES string of the molecule is CCCN(CCC)c1ccc(-c2nc3cc(C(CC(C)=O)NCc4cccn4S(=O)(=O)c4ccccc4)ccc3n2CCCN2CCCCC2)cc1. The molecule has 3 heterocycles. The Kier molecular flexibility index (Phi) is 12.6. The molecule has 0 bridgehead atoms. The molecular weight excluding hydrogens is 669 g/mol. The first kappa shape index (κ1) is 37.5. The Morgan fingerprint density at radius 2 is 1.62 bits per heavy atom. The number of nitrogens with zero attached hydrogens (tertiary/aromatic N) is 5. The van der Waals surface area contributed by atoms with Crippen LogP contribution in [0.2, 0.25) is 0 Å². The molecule has 9 nitrogen and oxygen atoms in total. The second kappa shape index (κ2) is 17.5. The van der Waals surface area contributed by atoms with Gasteiger partial charge in [-0.1, -0.05) is 44.5 Å². The molecule has 0 radical (unpaired) electrons. The summed E-state index contributed by atoms with van der Waals surface area (Å²) in [6, 6.07) is 26.8. The normalized spacial score (nSPS) is 14.5. The van der Waals surface area contributed by atoms with Crippen LogP contribution in [0.4, 0.5) is 5.69 Å². The van der Waals surface area contributed by atoms with E-state index in [9.17, 15) is 13.2 Å². The number of piperidine rings is 1. The number of hydrogen-bond donors (Lipinski definition) is 1. The Morgan fingerprint density at radius 1 is 0.885 bits per heavy atom. The number of hydrogen-bond acceptors (Lipinski definition) is 7. The first-order valence-electron chi connectivity index (χ1n) is 19.1. The average molecular weight is 723 g/mol. The molecule has 1 N–H and O–H groups in total. The minimum absolute atomic E-state index is 0.0501. The maximum absolute atomic E-state index is 13.4. The molecule has 52 heavy (non-hydrogen) atoms. The van der Waals surface area contributed by atoms with E-state index >= 15 is 0 Å². The summed E-state index contributed by atoms with van der Waals surface area (Å²) in [6.07, 6.45) is 9.00. The third-order valence-corrected chi connectivity index (χ3v) is 11.8. The van der Waals surface area contributed by atoms with E-state index in [4.69, 9.17) is 4.98 Å². The lowest BCUT2D eigenvalue weighted by Crippen LogP contribution is -2.31. The van der Waals surface area contributed by atoms with Gasteiger partial charge in [0.15, 0.2) is 0 Å². The van der Waals surface area contributed by atoms with Gasteiger partial charge in [0, 0.05) is 61.8 Å². The van der Waals surface area contributed by atoms with Gasteiger partial charge >= 0.3 is 0 Å². The lowest BCUT2D eigenvalue weighted by Gasteiger charge is -2.26. The van der Waals surface area contributed by atoms with E-state index < -0.39 is 10.0 Å². The van der Waals surface area contributed by atoms with Crippen molar-refractivity contribution in [1.29, 1.82) is 0 Å². The maximum atomic E-state index is 13.4. The van der Waals surface area contributed by atoms with Crippen molar-refractivity contribution in [3.63, 3.8) is 0 Å². The molecule has 276 valence electrons. The number of nitrogens with one attached hydrogen (secondary N) is 1. The second-order valence-electron chi connectivity index (χ2n) is 14.1. The Hall–Kier alpha value is -4.25. The minimum atomic E-state index is -3.76. The van der Waals surface area contributed by atoms with Crippen molar-refractivity contribution >= 4 is 32.5 Å². The number of aromatic nitrogens is 3. The van der Waals surface area contributed by atoms with Crippen LogP contribution in [0.3, 0.4) is 0 Å². The van der Waals surface area contributed by atoms with Crippen molar-refractivity contribution in [2.45, 2.75) is 89.7 Å². The molecule has 0 saturated carbocycles. The average Bonchev–Trinajstić information content (AvgIpc) is 3.79. The Bertz CT molecular complexity index is 2010. The molecule has 1 atom stereocenters. The van der Waals surface area contributed by atoms with E-state index in [0.29, 0.717) is 5.69 Å². The van der Waals surface area contributed by atoms with E-state index in [2.05, 4.69) is 76.0 Å². The number of rotatable bonds is 18. The van der Waals surface area contributed by atoms with Crippen LogP contribution in [0.25, 0.3) is 22.4 Å². The van der Waals surface area contributed by atoms with Crippen LogP contribution in [0.15, 0.2) is 96.0 Å². The quantitative estimate of drug-likeness (QED) is 0.0979. The van der Waals surface area contributed by atoms with E-state index in [1.807, 2.05) is 0 Å². The fourth-order valence-corrected chi connectivity index (χ4v) is 8.87. The highest BCUT2D eigenvalue weighted by molar-refractivity contribution is 7.90. The van der Waals surface area contributed by atoms with Crippen LogP contribution in [-0.2, 0) is 27.9 Å². The van der Waals surface area contributed by atoms with Crippen LogP contribution in [0.1, 0.15) is 83.0 Å². The monoisotopic (exact) mass is 722 g/mol. The molecule has 6 rings (SSSR count). The predicted molar refractivity (Wildman–Crippen MR) is 211 cm³/mol. The molecule has 1 fully saturated rings. The largest absolute Gasteiger partial charge is 0.372 e. The van der Waals surface area contributed by atoms with Gasteiger partial charge < -0.3 is 19.7 Å². The molecule has 5 aromatic rings. The van der Waals surface area contributed by atoms with Crippen molar-refractivity contribution in [1.82, 2.24) is 23.7 Å². The van der Waals surface area contributed by atoms with Gasteiger partial charge in [0.1, 0.15) is 11.6 Å². The number of imidazole rings is 1. The third-order valence-electron chi connectivity index (χ3n) is 10.1. The highest BCUT2D eigenvalue weighted by atomic mass is 32.2. The second-order valence-corrected chi connectivity index (χ2v) is 15.9. The first-order valence-corrected chi connectivity index (χ1v) is 20.5. The number of benzene rings is 3. The smallest absolute Gasteiger partial charge is 0.267 e. The summed E-state index contributed by atoms with van der Waals surface area (Å²) in [6.45, 7) is 12.7. The lowest BCUT2D eigenvalue weighted by molar-refractivity contribution is -0.117. The number of likely N-dealkylation sites (tertiary alicyclic amines) is 1. The van der Waals surface area contributed by atoms with Gasteiger partial charge in [-0.05, 0) is 125 Å². The molecule has 2 aromatic heterocycles. The number of Topliss-reactive ketones (excluding diaryl/α,β-unsaturated/α-hetero) is 1. The standard InChI is InChI=1S/C42H54N6O3S/c1-4-23-46(24-5-2)36-20-17-34(18-21-36)42-44-40-31-35(19-22-41(40)47(42)28-13-27-45-25-10-7-11-26-45)39(30-33(3)49)43-32-37-14-12-29-48(37)52(50,51)38-15-8-6-9-16-38/h6,8-9,12,14-22,29,31,39,43H,4-5,7,10-11,13,23-28,30,32H2,1-3H3. The summed E-state index contributed by atoms with van der Waals surface area (Å²) in [5.74, 6) is 1.00. The van der Waals surface area contributed by atoms with Crippen LogP contribution < -0.4 is 10.2 Å². The van der Waals surface area contributed by atoms with Crippen molar-refractivity contribution in [3.8, 4) is 11.4 Å². The number of ketones is 1. The van der Waals surface area contributed by atoms with Gasteiger partial charge in [-0.2, -0.15) is 0 Å². The Labute approximate surface area is 309 Å². The number of anilines is 1. The molecule has 0 spiro atoms. The van der Waals surface area contributed by atoms with Gasteiger partial charge in [-0.15, -0.1) is 0 Å². The van der Waals surface area contributed by atoms with E-state index in [1.54, 1.807) is 55.6 Å². The van der Waals surface area contributed by atoms with Crippen LogP contribution in [0.5, 0.6) is 0 Å². The van der Waals surface area contributed by atoms with Crippen LogP contribution in [0, 0.1) is 0 Å².